The van der Waals surface area contributed by atoms with Gasteiger partial charge in [0.25, 0.3) is 0 Å². The predicted octanol–water partition coefficient (Wildman–Crippen LogP) is 1.39. The third-order valence-corrected chi connectivity index (χ3v) is 2.69. The van der Waals surface area contributed by atoms with Crippen LogP contribution in [0.15, 0.2) is 6.20 Å². The summed E-state index contributed by atoms with van der Waals surface area (Å²) in [6.07, 6.45) is 1.65. The Morgan fingerprint density at radius 2 is 2.44 bits per heavy atom. The van der Waals surface area contributed by atoms with Gasteiger partial charge in [-0.2, -0.15) is 5.26 Å². The second kappa shape index (κ2) is 4.64. The molecule has 0 saturated carbocycles. The summed E-state index contributed by atoms with van der Waals surface area (Å²) >= 11 is 5.71. The molecule has 0 aliphatic carbocycles. The highest BCUT2D eigenvalue weighted by Gasteiger charge is 2.28. The average Bonchev–Trinajstić information content (AvgIpc) is 2.71. The van der Waals surface area contributed by atoms with Gasteiger partial charge in [0.2, 0.25) is 5.28 Å². The van der Waals surface area contributed by atoms with E-state index in [0.717, 1.165) is 5.56 Å². The number of halogens is 1. The van der Waals surface area contributed by atoms with Gasteiger partial charge in [0.1, 0.15) is 5.82 Å². The summed E-state index contributed by atoms with van der Waals surface area (Å²) in [4.78, 5) is 7.95. The maximum absolute atomic E-state index is 8.91. The molecule has 0 radical (unpaired) electrons. The summed E-state index contributed by atoms with van der Waals surface area (Å²) in [7, 11) is 0. The molecule has 1 aliphatic rings. The number of hydrogen-bond donors (Lipinski definition) is 1. The largest absolute Gasteiger partial charge is 0.378 e. The number of nitrogens with zero attached hydrogens (tertiary/aromatic N) is 3. The van der Waals surface area contributed by atoms with Crippen molar-refractivity contribution >= 4 is 17.4 Å². The first-order valence-corrected chi connectivity index (χ1v) is 5.31. The van der Waals surface area contributed by atoms with Gasteiger partial charge in [0, 0.05) is 11.8 Å². The molecule has 1 fully saturated rings. The molecule has 16 heavy (non-hydrogen) atoms. The van der Waals surface area contributed by atoms with E-state index in [-0.39, 0.29) is 17.2 Å². The highest BCUT2D eigenvalue weighted by Crippen LogP contribution is 2.20. The lowest BCUT2D eigenvalue weighted by Crippen LogP contribution is -2.27. The van der Waals surface area contributed by atoms with E-state index in [1.807, 2.05) is 6.92 Å². The molecule has 2 rings (SSSR count). The van der Waals surface area contributed by atoms with E-state index in [1.165, 1.54) is 0 Å². The molecular formula is C10H11ClN4O. The van der Waals surface area contributed by atoms with Crippen molar-refractivity contribution in [1.82, 2.24) is 9.97 Å². The zero-order valence-electron chi connectivity index (χ0n) is 8.77. The molecule has 6 heteroatoms. The zero-order valence-corrected chi connectivity index (χ0v) is 9.53. The van der Waals surface area contributed by atoms with Crippen LogP contribution in [0.2, 0.25) is 5.28 Å². The van der Waals surface area contributed by atoms with Crippen molar-refractivity contribution in [2.75, 3.05) is 18.5 Å². The van der Waals surface area contributed by atoms with Gasteiger partial charge in [0.05, 0.1) is 31.2 Å². The van der Waals surface area contributed by atoms with Crippen molar-refractivity contribution < 1.29 is 4.74 Å². The number of aryl methyl sites for hydroxylation is 1. The highest BCUT2D eigenvalue weighted by molar-refractivity contribution is 6.28. The van der Waals surface area contributed by atoms with Crippen molar-refractivity contribution in [2.45, 2.75) is 13.0 Å². The van der Waals surface area contributed by atoms with Crippen molar-refractivity contribution in [3.05, 3.63) is 17.0 Å². The third kappa shape index (κ3) is 2.23. The van der Waals surface area contributed by atoms with Gasteiger partial charge in [-0.05, 0) is 18.5 Å². The van der Waals surface area contributed by atoms with Gasteiger partial charge in [-0.1, -0.05) is 0 Å². The van der Waals surface area contributed by atoms with E-state index in [1.54, 1.807) is 6.20 Å². The smallest absolute Gasteiger partial charge is 0.224 e. The lowest BCUT2D eigenvalue weighted by Gasteiger charge is -2.15. The molecule has 1 aliphatic heterocycles. The van der Waals surface area contributed by atoms with Gasteiger partial charge in [-0.25, -0.2) is 9.97 Å². The number of nitrogens with one attached hydrogen (secondary N) is 1. The maximum Gasteiger partial charge on any atom is 0.224 e. The van der Waals surface area contributed by atoms with Crippen molar-refractivity contribution in [3.8, 4) is 6.07 Å². The SMILES string of the molecule is Cc1cnc(Cl)nc1N[C@H]1COC[C@@H]1C#N. The van der Waals surface area contributed by atoms with Crippen LogP contribution in [0, 0.1) is 24.2 Å². The lowest BCUT2D eigenvalue weighted by atomic mass is 10.1. The number of anilines is 1. The van der Waals surface area contributed by atoms with E-state index >= 15 is 0 Å². The Morgan fingerprint density at radius 1 is 1.62 bits per heavy atom. The van der Waals surface area contributed by atoms with Gasteiger partial charge in [-0.3, -0.25) is 0 Å². The van der Waals surface area contributed by atoms with Crippen molar-refractivity contribution in [1.29, 1.82) is 5.26 Å². The Bertz CT molecular complexity index is 431. The van der Waals surface area contributed by atoms with Crippen LogP contribution in [-0.2, 0) is 4.74 Å². The van der Waals surface area contributed by atoms with E-state index in [0.29, 0.717) is 19.0 Å². The van der Waals surface area contributed by atoms with Crippen molar-refractivity contribution in [2.24, 2.45) is 5.92 Å². The van der Waals surface area contributed by atoms with Crippen LogP contribution in [-0.4, -0.2) is 29.2 Å². The van der Waals surface area contributed by atoms with E-state index in [9.17, 15) is 0 Å². The average molecular weight is 239 g/mol. The molecule has 84 valence electrons. The van der Waals surface area contributed by atoms with E-state index in [2.05, 4.69) is 21.4 Å². The van der Waals surface area contributed by atoms with Crippen molar-refractivity contribution in [3.63, 3.8) is 0 Å². The number of ether oxygens (including phenoxy) is 1. The Labute approximate surface area is 98.4 Å². The summed E-state index contributed by atoms with van der Waals surface area (Å²) in [5.41, 5.74) is 0.896. The summed E-state index contributed by atoms with van der Waals surface area (Å²) < 4.78 is 5.24. The molecule has 1 aromatic heterocycles. The first-order chi connectivity index (χ1) is 7.70. The molecular weight excluding hydrogens is 228 g/mol. The lowest BCUT2D eigenvalue weighted by molar-refractivity contribution is 0.190. The molecule has 0 spiro atoms. The Hall–Kier alpha value is -1.38. The molecule has 0 amide bonds. The van der Waals surface area contributed by atoms with Crippen LogP contribution >= 0.6 is 11.6 Å². The van der Waals surface area contributed by atoms with Crippen LogP contribution in [0.4, 0.5) is 5.82 Å². The Kier molecular flexibility index (Phi) is 3.22. The third-order valence-electron chi connectivity index (χ3n) is 2.51. The number of rotatable bonds is 2. The normalized spacial score (nSPS) is 24.1. The summed E-state index contributed by atoms with van der Waals surface area (Å²) in [5.74, 6) is 0.517. The number of nitriles is 1. The molecule has 2 heterocycles. The Balaban J connectivity index is 2.14. The van der Waals surface area contributed by atoms with Gasteiger partial charge in [-0.15, -0.1) is 0 Å². The molecule has 1 aromatic rings. The summed E-state index contributed by atoms with van der Waals surface area (Å²) in [5, 5.41) is 12.3. The second-order valence-corrected chi connectivity index (χ2v) is 4.03. The highest BCUT2D eigenvalue weighted by atomic mass is 35.5. The molecule has 2 atom stereocenters. The molecule has 0 bridgehead atoms. The molecule has 1 N–H and O–H groups in total. The minimum atomic E-state index is -0.145. The van der Waals surface area contributed by atoms with Crippen LogP contribution in [0.25, 0.3) is 0 Å². The first kappa shape index (κ1) is 11.1. The fourth-order valence-electron chi connectivity index (χ4n) is 1.57. The van der Waals surface area contributed by atoms with Crippen LogP contribution < -0.4 is 5.32 Å². The maximum atomic E-state index is 8.91. The second-order valence-electron chi connectivity index (χ2n) is 3.69. The molecule has 5 nitrogen and oxygen atoms in total. The van der Waals surface area contributed by atoms with E-state index in [4.69, 9.17) is 21.6 Å². The minimum Gasteiger partial charge on any atom is -0.378 e. The fourth-order valence-corrected chi connectivity index (χ4v) is 1.70. The number of aromatic nitrogens is 2. The summed E-state index contributed by atoms with van der Waals surface area (Å²) in [6, 6.07) is 2.17. The van der Waals surface area contributed by atoms with Gasteiger partial charge < -0.3 is 10.1 Å². The first-order valence-electron chi connectivity index (χ1n) is 4.93. The predicted molar refractivity (Wildman–Crippen MR) is 59.1 cm³/mol. The Morgan fingerprint density at radius 3 is 3.19 bits per heavy atom. The minimum absolute atomic E-state index is 0.0327. The topological polar surface area (TPSA) is 70.8 Å². The fraction of sp³-hybridized carbons (Fsp3) is 0.500. The van der Waals surface area contributed by atoms with Crippen LogP contribution in [0.1, 0.15) is 5.56 Å². The molecule has 0 aromatic carbocycles. The number of hydrogen-bond acceptors (Lipinski definition) is 5. The van der Waals surface area contributed by atoms with E-state index < -0.39 is 0 Å². The standard InChI is InChI=1S/C10H11ClN4O/c1-6-3-13-10(11)15-9(6)14-8-5-16-4-7(8)2-12/h3,7-8H,4-5H2,1H3,(H,13,14,15)/t7-,8-/m0/s1. The quantitative estimate of drug-likeness (QED) is 0.789. The van der Waals surface area contributed by atoms with Crippen LogP contribution in [0.5, 0.6) is 0 Å². The monoisotopic (exact) mass is 238 g/mol. The molecule has 0 unspecified atom stereocenters. The van der Waals surface area contributed by atoms with Gasteiger partial charge in [0.15, 0.2) is 0 Å². The van der Waals surface area contributed by atoms with Crippen LogP contribution in [0.3, 0.4) is 0 Å². The zero-order chi connectivity index (χ0) is 11.5. The van der Waals surface area contributed by atoms with Gasteiger partial charge >= 0.3 is 0 Å². The summed E-state index contributed by atoms with van der Waals surface area (Å²) in [6.45, 7) is 2.86. The molecule has 1 saturated heterocycles.